The summed E-state index contributed by atoms with van der Waals surface area (Å²) >= 11 is 0. The Kier molecular flexibility index (Phi) is 4.57. The number of carbonyl (C=O) groups is 1. The van der Waals surface area contributed by atoms with Crippen molar-refractivity contribution in [1.29, 1.82) is 5.26 Å². The minimum absolute atomic E-state index is 0.0492. The summed E-state index contributed by atoms with van der Waals surface area (Å²) in [6, 6.07) is 2.29. The Labute approximate surface area is 90.8 Å². The van der Waals surface area contributed by atoms with E-state index in [2.05, 4.69) is 0 Å². The quantitative estimate of drug-likeness (QED) is 0.702. The first-order chi connectivity index (χ1) is 7.20. The van der Waals surface area contributed by atoms with Gasteiger partial charge in [0.05, 0.1) is 6.07 Å². The molecule has 1 fully saturated rings. The fourth-order valence-electron chi connectivity index (χ4n) is 1.82. The maximum absolute atomic E-state index is 11.9. The van der Waals surface area contributed by atoms with Gasteiger partial charge in [-0.1, -0.05) is 6.92 Å². The normalized spacial score (nSPS) is 19.3. The van der Waals surface area contributed by atoms with Gasteiger partial charge in [0.25, 0.3) is 0 Å². The minimum Gasteiger partial charge on any atom is -0.381 e. The molecule has 1 atom stereocenters. The Morgan fingerprint density at radius 2 is 2.20 bits per heavy atom. The molecule has 0 radical (unpaired) electrons. The zero-order valence-corrected chi connectivity index (χ0v) is 9.40. The predicted molar refractivity (Wildman–Crippen MR) is 56.0 cm³/mol. The molecule has 1 unspecified atom stereocenters. The van der Waals surface area contributed by atoms with E-state index >= 15 is 0 Å². The van der Waals surface area contributed by atoms with Crippen molar-refractivity contribution in [2.45, 2.75) is 32.2 Å². The molecule has 4 heteroatoms. The van der Waals surface area contributed by atoms with Crippen LogP contribution in [0.5, 0.6) is 0 Å². The molecule has 0 N–H and O–H groups in total. The lowest BCUT2D eigenvalue weighted by atomic mass is 10.0. The van der Waals surface area contributed by atoms with Crippen molar-refractivity contribution < 1.29 is 9.53 Å². The van der Waals surface area contributed by atoms with E-state index in [1.165, 1.54) is 0 Å². The maximum atomic E-state index is 11.9. The van der Waals surface area contributed by atoms with Crippen LogP contribution in [0.15, 0.2) is 0 Å². The van der Waals surface area contributed by atoms with Gasteiger partial charge in [-0.3, -0.25) is 4.79 Å². The molecule has 0 aromatic rings. The van der Waals surface area contributed by atoms with E-state index in [9.17, 15) is 4.79 Å². The highest BCUT2D eigenvalue weighted by molar-refractivity contribution is 5.81. The van der Waals surface area contributed by atoms with Crippen LogP contribution in [0.4, 0.5) is 0 Å². The zero-order valence-electron chi connectivity index (χ0n) is 9.40. The van der Waals surface area contributed by atoms with Crippen LogP contribution in [0.3, 0.4) is 0 Å². The number of nitrogens with zero attached hydrogens (tertiary/aromatic N) is 2. The van der Waals surface area contributed by atoms with Crippen LogP contribution < -0.4 is 0 Å². The van der Waals surface area contributed by atoms with E-state index in [-0.39, 0.29) is 11.9 Å². The van der Waals surface area contributed by atoms with E-state index in [1.807, 2.05) is 13.0 Å². The molecule has 1 amide bonds. The van der Waals surface area contributed by atoms with Gasteiger partial charge in [-0.15, -0.1) is 0 Å². The lowest BCUT2D eigenvalue weighted by Gasteiger charge is -2.32. The van der Waals surface area contributed by atoms with Crippen molar-refractivity contribution in [2.75, 3.05) is 20.3 Å². The van der Waals surface area contributed by atoms with Crippen LogP contribution in [0.25, 0.3) is 0 Å². The van der Waals surface area contributed by atoms with Crippen LogP contribution in [-0.4, -0.2) is 37.1 Å². The topological polar surface area (TPSA) is 53.3 Å². The van der Waals surface area contributed by atoms with Crippen molar-refractivity contribution in [3.8, 4) is 6.07 Å². The standard InChI is InChI=1S/C11H18N2O2/c1-3-9(8-12)11(14)13(2)10-4-6-15-7-5-10/h9-10H,3-7H2,1-2H3. The average Bonchev–Trinajstić information content (AvgIpc) is 2.30. The molecule has 15 heavy (non-hydrogen) atoms. The van der Waals surface area contributed by atoms with Crippen LogP contribution in [-0.2, 0) is 9.53 Å². The third kappa shape index (κ3) is 2.93. The molecule has 1 aliphatic heterocycles. The molecule has 1 rings (SSSR count). The maximum Gasteiger partial charge on any atom is 0.239 e. The first kappa shape index (κ1) is 12.0. The van der Waals surface area contributed by atoms with Gasteiger partial charge in [-0.25, -0.2) is 0 Å². The molecule has 0 saturated carbocycles. The van der Waals surface area contributed by atoms with E-state index in [0.717, 1.165) is 12.8 Å². The van der Waals surface area contributed by atoms with Gasteiger partial charge in [0.15, 0.2) is 0 Å². The second-order valence-corrected chi connectivity index (χ2v) is 3.88. The Morgan fingerprint density at radius 3 is 2.67 bits per heavy atom. The van der Waals surface area contributed by atoms with Crippen LogP contribution in [0.2, 0.25) is 0 Å². The molecular weight excluding hydrogens is 192 g/mol. The first-order valence-corrected chi connectivity index (χ1v) is 5.44. The molecule has 1 aliphatic rings. The number of nitriles is 1. The summed E-state index contributed by atoms with van der Waals surface area (Å²) in [4.78, 5) is 13.6. The summed E-state index contributed by atoms with van der Waals surface area (Å²) in [5.74, 6) is -0.537. The first-order valence-electron chi connectivity index (χ1n) is 5.44. The lowest BCUT2D eigenvalue weighted by Crippen LogP contribution is -2.43. The summed E-state index contributed by atoms with van der Waals surface area (Å²) in [5.41, 5.74) is 0. The molecule has 0 aliphatic carbocycles. The molecule has 1 saturated heterocycles. The van der Waals surface area contributed by atoms with Gasteiger partial charge in [0.2, 0.25) is 5.91 Å². The average molecular weight is 210 g/mol. The third-order valence-corrected chi connectivity index (χ3v) is 2.95. The van der Waals surface area contributed by atoms with Crippen LogP contribution >= 0.6 is 0 Å². The van der Waals surface area contributed by atoms with Crippen LogP contribution in [0, 0.1) is 17.2 Å². The highest BCUT2D eigenvalue weighted by Crippen LogP contribution is 2.16. The van der Waals surface area contributed by atoms with Crippen LogP contribution in [0.1, 0.15) is 26.2 Å². The summed E-state index contributed by atoms with van der Waals surface area (Å²) in [6.45, 7) is 3.29. The molecule has 1 heterocycles. The van der Waals surface area contributed by atoms with E-state index in [4.69, 9.17) is 10.00 Å². The number of amides is 1. The molecule has 0 spiro atoms. The second-order valence-electron chi connectivity index (χ2n) is 3.88. The van der Waals surface area contributed by atoms with Gasteiger partial charge in [-0.05, 0) is 19.3 Å². The van der Waals surface area contributed by atoms with E-state index < -0.39 is 5.92 Å². The second kappa shape index (κ2) is 5.72. The van der Waals surface area contributed by atoms with Gasteiger partial charge in [0.1, 0.15) is 5.92 Å². The fourth-order valence-corrected chi connectivity index (χ4v) is 1.82. The van der Waals surface area contributed by atoms with Gasteiger partial charge >= 0.3 is 0 Å². The molecule has 0 aromatic carbocycles. The number of rotatable bonds is 3. The summed E-state index contributed by atoms with van der Waals surface area (Å²) < 4.78 is 5.24. The van der Waals surface area contributed by atoms with E-state index in [1.54, 1.807) is 11.9 Å². The predicted octanol–water partition coefficient (Wildman–Crippen LogP) is 1.17. The molecule has 0 aromatic heterocycles. The van der Waals surface area contributed by atoms with Crippen molar-refractivity contribution in [1.82, 2.24) is 4.90 Å². The number of ether oxygens (including phenoxy) is 1. The third-order valence-electron chi connectivity index (χ3n) is 2.95. The van der Waals surface area contributed by atoms with Crippen molar-refractivity contribution in [3.05, 3.63) is 0 Å². The van der Waals surface area contributed by atoms with Crippen molar-refractivity contribution in [2.24, 2.45) is 5.92 Å². The number of hydrogen-bond acceptors (Lipinski definition) is 3. The van der Waals surface area contributed by atoms with Gasteiger partial charge in [0, 0.05) is 26.3 Å². The van der Waals surface area contributed by atoms with Crippen molar-refractivity contribution >= 4 is 5.91 Å². The Hall–Kier alpha value is -1.08. The smallest absolute Gasteiger partial charge is 0.239 e. The summed E-state index contributed by atoms with van der Waals surface area (Å²) in [6.07, 6.45) is 2.34. The highest BCUT2D eigenvalue weighted by Gasteiger charge is 2.26. The number of hydrogen-bond donors (Lipinski definition) is 0. The molecule has 4 nitrogen and oxygen atoms in total. The van der Waals surface area contributed by atoms with Gasteiger partial charge < -0.3 is 9.64 Å². The van der Waals surface area contributed by atoms with E-state index in [0.29, 0.717) is 19.6 Å². The Balaban J connectivity index is 2.54. The van der Waals surface area contributed by atoms with Crippen molar-refractivity contribution in [3.63, 3.8) is 0 Å². The lowest BCUT2D eigenvalue weighted by molar-refractivity contribution is -0.136. The van der Waals surface area contributed by atoms with Gasteiger partial charge in [-0.2, -0.15) is 5.26 Å². The highest BCUT2D eigenvalue weighted by atomic mass is 16.5. The summed E-state index contributed by atoms with van der Waals surface area (Å²) in [7, 11) is 1.79. The zero-order chi connectivity index (χ0) is 11.3. The largest absolute Gasteiger partial charge is 0.381 e. The molecule has 0 bridgehead atoms. The molecule has 84 valence electrons. The Morgan fingerprint density at radius 1 is 1.60 bits per heavy atom. The minimum atomic E-state index is -0.488. The monoisotopic (exact) mass is 210 g/mol. The number of carbonyl (C=O) groups excluding carboxylic acids is 1. The molecular formula is C11H18N2O2. The SMILES string of the molecule is CCC(C#N)C(=O)N(C)C1CCOCC1. The summed E-state index contributed by atoms with van der Waals surface area (Å²) in [5, 5.41) is 8.82. The Bertz CT molecular complexity index is 254. The fraction of sp³-hybridized carbons (Fsp3) is 0.818.